The molecule has 0 aliphatic rings. The van der Waals surface area contributed by atoms with E-state index in [0.29, 0.717) is 0 Å². The Hall–Kier alpha value is -1.79. The number of aliphatic imine (C=N–C) groups is 1. The Labute approximate surface area is 144 Å². The molecule has 0 aliphatic heterocycles. The van der Waals surface area contributed by atoms with Crippen molar-refractivity contribution in [3.05, 3.63) is 58.6 Å². The smallest absolute Gasteiger partial charge is 0.123 e. The lowest BCUT2D eigenvalue weighted by atomic mass is 10.1. The zero-order valence-corrected chi connectivity index (χ0v) is 15.7. The highest BCUT2D eigenvalue weighted by Gasteiger charge is 2.08. The Balaban J connectivity index is 0.00000232. The fourth-order valence-electron chi connectivity index (χ4n) is 1.68. The topological polar surface area (TPSA) is 12.4 Å². The molecule has 124 valence electrons. The van der Waals surface area contributed by atoms with Gasteiger partial charge in [-0.15, -0.1) is 18.2 Å². The zero-order valence-electron chi connectivity index (χ0n) is 14.9. The van der Waals surface area contributed by atoms with Gasteiger partial charge < -0.3 is 0 Å². The largest absolute Gasteiger partial charge is 0.240 e. The number of allylic oxidation sites excluding steroid dienone is 3. The number of thioether (sulfide) groups is 1. The van der Waals surface area contributed by atoms with E-state index < -0.39 is 0 Å². The Morgan fingerprint density at radius 1 is 1.26 bits per heavy atom. The number of benzene rings is 1. The molecule has 0 aliphatic carbocycles. The summed E-state index contributed by atoms with van der Waals surface area (Å²) < 4.78 is 13.1. The molecule has 0 radical (unpaired) electrons. The lowest BCUT2D eigenvalue weighted by Gasteiger charge is -2.09. The van der Waals surface area contributed by atoms with Gasteiger partial charge >= 0.3 is 0 Å². The maximum atomic E-state index is 13.1. The normalized spacial score (nSPS) is 12.8. The molecule has 0 bridgehead atoms. The van der Waals surface area contributed by atoms with Gasteiger partial charge in [-0.05, 0) is 56.4 Å². The molecule has 1 rings (SSSR count). The summed E-state index contributed by atoms with van der Waals surface area (Å²) in [6.45, 7) is 11.9. The van der Waals surface area contributed by atoms with Crippen LogP contribution < -0.4 is 0 Å². The van der Waals surface area contributed by atoms with E-state index in [2.05, 4.69) is 12.8 Å². The fraction of sp³-hybridized carbons (Fsp3) is 0.350. The van der Waals surface area contributed by atoms with E-state index in [0.717, 1.165) is 33.2 Å². The van der Waals surface area contributed by atoms with E-state index in [9.17, 15) is 4.39 Å². The maximum absolute atomic E-state index is 13.1. The third kappa shape index (κ3) is 6.88. The third-order valence-electron chi connectivity index (χ3n) is 2.96. The van der Waals surface area contributed by atoms with E-state index in [1.165, 1.54) is 12.1 Å². The zero-order chi connectivity index (χ0) is 17.8. The molecule has 0 spiro atoms. The minimum atomic E-state index is -0.250. The van der Waals surface area contributed by atoms with Crippen LogP contribution in [0.2, 0.25) is 0 Å². The lowest BCUT2D eigenvalue weighted by Crippen LogP contribution is -1.99. The average Bonchev–Trinajstić information content (AvgIpc) is 2.59. The van der Waals surface area contributed by atoms with Gasteiger partial charge in [-0.25, -0.2) is 9.38 Å². The fourth-order valence-corrected chi connectivity index (χ4v) is 2.42. The molecule has 0 N–H and O–H groups in total. The van der Waals surface area contributed by atoms with Gasteiger partial charge in [0, 0.05) is 11.1 Å². The molecule has 0 amide bonds. The molecule has 3 heteroatoms. The van der Waals surface area contributed by atoms with Gasteiger partial charge in [-0.1, -0.05) is 32.8 Å². The van der Waals surface area contributed by atoms with Crippen LogP contribution in [0.5, 0.6) is 0 Å². The van der Waals surface area contributed by atoms with Crippen LogP contribution in [0.4, 0.5) is 4.39 Å². The van der Waals surface area contributed by atoms with Crippen molar-refractivity contribution < 1.29 is 4.39 Å². The van der Waals surface area contributed by atoms with E-state index in [1.54, 1.807) is 23.9 Å². The number of nitrogens with zero attached hydrogens (tertiary/aromatic N) is 1. The first kappa shape index (κ1) is 21.2. The number of halogens is 1. The highest BCUT2D eigenvalue weighted by molar-refractivity contribution is 8.14. The summed E-state index contributed by atoms with van der Waals surface area (Å²) in [4.78, 5) is 4.73. The molecule has 23 heavy (non-hydrogen) atoms. The SMILES string of the molecule is C#C/C(C)=C(N=C(SCC)c1ccc(F)cc1)\C(C)=C/C.CC. The van der Waals surface area contributed by atoms with Crippen LogP contribution in [0.1, 0.15) is 47.1 Å². The van der Waals surface area contributed by atoms with Gasteiger partial charge in [-0.2, -0.15) is 0 Å². The summed E-state index contributed by atoms with van der Waals surface area (Å²) in [5, 5.41) is 0.850. The van der Waals surface area contributed by atoms with Gasteiger partial charge in [0.05, 0.1) is 5.70 Å². The van der Waals surface area contributed by atoms with Crippen LogP contribution in [0.3, 0.4) is 0 Å². The summed E-state index contributed by atoms with van der Waals surface area (Å²) in [6, 6.07) is 6.37. The second-order valence-electron chi connectivity index (χ2n) is 4.45. The standard InChI is InChI=1S/C18H20FNS.C2H6/c1-6-13(4)17(14(5)7-2)20-18(21-8-3)15-9-11-16(19)12-10-15;1-2/h1,7,9-12H,8H2,2-5H3;1-2H3/b14-7-,17-13+,20-18?;. The van der Waals surface area contributed by atoms with E-state index in [1.807, 2.05) is 40.7 Å². The monoisotopic (exact) mass is 331 g/mol. The van der Waals surface area contributed by atoms with Crippen molar-refractivity contribution in [1.29, 1.82) is 0 Å². The molecular weight excluding hydrogens is 305 g/mol. The molecule has 1 aromatic rings. The number of terminal acetylenes is 1. The predicted octanol–water partition coefficient (Wildman–Crippen LogP) is 6.23. The van der Waals surface area contributed by atoms with Gasteiger partial charge in [-0.3, -0.25) is 0 Å². The summed E-state index contributed by atoms with van der Waals surface area (Å²) >= 11 is 1.62. The first-order chi connectivity index (χ1) is 11.0. The van der Waals surface area contributed by atoms with E-state index in [-0.39, 0.29) is 5.82 Å². The van der Waals surface area contributed by atoms with Crippen molar-refractivity contribution >= 4 is 16.8 Å². The first-order valence-electron chi connectivity index (χ1n) is 7.81. The van der Waals surface area contributed by atoms with Crippen molar-refractivity contribution in [3.8, 4) is 12.3 Å². The van der Waals surface area contributed by atoms with Crippen molar-refractivity contribution in [2.45, 2.75) is 41.5 Å². The van der Waals surface area contributed by atoms with Crippen LogP contribution in [-0.4, -0.2) is 10.8 Å². The molecule has 0 fully saturated rings. The predicted molar refractivity (Wildman–Crippen MR) is 103 cm³/mol. The van der Waals surface area contributed by atoms with E-state index >= 15 is 0 Å². The highest BCUT2D eigenvalue weighted by atomic mass is 32.2. The molecule has 0 saturated carbocycles. The molecule has 0 atom stereocenters. The van der Waals surface area contributed by atoms with Gasteiger partial charge in [0.25, 0.3) is 0 Å². The van der Waals surface area contributed by atoms with Crippen LogP contribution in [0.25, 0.3) is 0 Å². The third-order valence-corrected chi connectivity index (χ3v) is 3.85. The van der Waals surface area contributed by atoms with Gasteiger partial charge in [0.15, 0.2) is 0 Å². The molecule has 0 aromatic heterocycles. The maximum Gasteiger partial charge on any atom is 0.123 e. The van der Waals surface area contributed by atoms with Crippen LogP contribution in [-0.2, 0) is 0 Å². The molecular formula is C20H26FNS. The molecule has 0 saturated heterocycles. The summed E-state index contributed by atoms with van der Waals surface area (Å²) in [7, 11) is 0. The number of hydrogen-bond acceptors (Lipinski definition) is 2. The number of rotatable bonds is 4. The minimum absolute atomic E-state index is 0.250. The van der Waals surface area contributed by atoms with Crippen LogP contribution in [0, 0.1) is 18.2 Å². The second kappa shape index (κ2) is 11.7. The molecule has 0 unspecified atom stereocenters. The molecule has 1 aromatic carbocycles. The molecule has 1 nitrogen and oxygen atoms in total. The van der Waals surface area contributed by atoms with Crippen molar-refractivity contribution in [1.82, 2.24) is 0 Å². The lowest BCUT2D eigenvalue weighted by molar-refractivity contribution is 0.628. The second-order valence-corrected chi connectivity index (χ2v) is 5.70. The Morgan fingerprint density at radius 3 is 2.26 bits per heavy atom. The Kier molecular flexibility index (Phi) is 10.8. The van der Waals surface area contributed by atoms with Crippen molar-refractivity contribution in [2.24, 2.45) is 4.99 Å². The summed E-state index contributed by atoms with van der Waals surface area (Å²) in [5.41, 5.74) is 3.53. The van der Waals surface area contributed by atoms with E-state index in [4.69, 9.17) is 11.4 Å². The minimum Gasteiger partial charge on any atom is -0.240 e. The Bertz CT molecular complexity index is 616. The van der Waals surface area contributed by atoms with Gasteiger partial charge in [0.1, 0.15) is 10.9 Å². The number of hydrogen-bond donors (Lipinski definition) is 0. The first-order valence-corrected chi connectivity index (χ1v) is 8.80. The highest BCUT2D eigenvalue weighted by Crippen LogP contribution is 2.22. The quantitative estimate of drug-likeness (QED) is 0.276. The van der Waals surface area contributed by atoms with Crippen molar-refractivity contribution in [2.75, 3.05) is 5.75 Å². The van der Waals surface area contributed by atoms with Crippen molar-refractivity contribution in [3.63, 3.8) is 0 Å². The summed E-state index contributed by atoms with van der Waals surface area (Å²) in [5.74, 6) is 3.28. The van der Waals surface area contributed by atoms with Gasteiger partial charge in [0.2, 0.25) is 0 Å². The summed E-state index contributed by atoms with van der Waals surface area (Å²) in [6.07, 6.45) is 7.50. The van der Waals surface area contributed by atoms with Crippen LogP contribution in [0.15, 0.2) is 52.2 Å². The van der Waals surface area contributed by atoms with Crippen LogP contribution >= 0.6 is 11.8 Å². The molecule has 0 heterocycles. The Morgan fingerprint density at radius 2 is 1.83 bits per heavy atom. The average molecular weight is 332 g/mol.